The second-order valence-electron chi connectivity index (χ2n) is 13.3. The minimum absolute atomic E-state index is 0.894. The van der Waals surface area contributed by atoms with Gasteiger partial charge in [-0.2, -0.15) is 0 Å². The summed E-state index contributed by atoms with van der Waals surface area (Å²) < 4.78 is 6.79. The molecular weight excluding hydrogens is 605 g/mol. The maximum absolute atomic E-state index is 6.79. The van der Waals surface area contributed by atoms with Crippen molar-refractivity contribution in [1.82, 2.24) is 0 Å². The van der Waals surface area contributed by atoms with Crippen LogP contribution in [0.3, 0.4) is 0 Å². The van der Waals surface area contributed by atoms with Crippen LogP contribution in [-0.2, 0) is 6.42 Å². The quantitative estimate of drug-likeness (QED) is 0.183. The highest BCUT2D eigenvalue weighted by atomic mass is 16.3. The Morgan fingerprint density at radius 1 is 0.300 bits per heavy atom. The summed E-state index contributed by atoms with van der Waals surface area (Å²) in [7, 11) is 0. The molecule has 8 aromatic carbocycles. The van der Waals surface area contributed by atoms with E-state index in [2.05, 4.69) is 182 Å². The van der Waals surface area contributed by atoms with Gasteiger partial charge in [0.25, 0.3) is 0 Å². The lowest BCUT2D eigenvalue weighted by Gasteiger charge is -2.11. The molecule has 0 bridgehead atoms. The Kier molecular flexibility index (Phi) is 6.63. The molecule has 1 heteroatoms. The lowest BCUT2D eigenvalue weighted by molar-refractivity contribution is 0.670. The molecule has 234 valence electrons. The predicted octanol–water partition coefficient (Wildman–Crippen LogP) is 13.5. The van der Waals surface area contributed by atoms with Crippen LogP contribution in [0.2, 0.25) is 0 Å². The molecule has 1 heterocycles. The van der Waals surface area contributed by atoms with Crippen LogP contribution in [-0.4, -0.2) is 0 Å². The molecular formula is C49H32O. The van der Waals surface area contributed by atoms with Gasteiger partial charge in [-0.25, -0.2) is 0 Å². The molecule has 0 N–H and O–H groups in total. The van der Waals surface area contributed by atoms with Crippen LogP contribution in [0.5, 0.6) is 0 Å². The van der Waals surface area contributed by atoms with Crippen molar-refractivity contribution in [1.29, 1.82) is 0 Å². The number of furan rings is 1. The van der Waals surface area contributed by atoms with Gasteiger partial charge in [0.05, 0.1) is 0 Å². The zero-order valence-electron chi connectivity index (χ0n) is 27.4. The lowest BCUT2D eigenvalue weighted by Crippen LogP contribution is -1.87. The normalized spacial score (nSPS) is 11.9. The monoisotopic (exact) mass is 636 g/mol. The maximum atomic E-state index is 6.79. The number of hydrogen-bond acceptors (Lipinski definition) is 1. The molecule has 1 aromatic heterocycles. The van der Waals surface area contributed by atoms with Crippen molar-refractivity contribution in [3.05, 3.63) is 193 Å². The molecule has 0 saturated carbocycles. The van der Waals surface area contributed by atoms with Crippen molar-refractivity contribution >= 4 is 21.9 Å². The first-order chi connectivity index (χ1) is 24.7. The zero-order chi connectivity index (χ0) is 33.0. The van der Waals surface area contributed by atoms with Gasteiger partial charge in [0, 0.05) is 16.3 Å². The molecule has 0 unspecified atom stereocenters. The first kappa shape index (κ1) is 28.6. The van der Waals surface area contributed by atoms with E-state index < -0.39 is 0 Å². The maximum Gasteiger partial charge on any atom is 0.143 e. The average Bonchev–Trinajstić information content (AvgIpc) is 3.76. The van der Waals surface area contributed by atoms with Crippen LogP contribution in [0.15, 0.2) is 186 Å². The Morgan fingerprint density at radius 3 is 1.54 bits per heavy atom. The second kappa shape index (κ2) is 11.6. The smallest absolute Gasteiger partial charge is 0.143 e. The third kappa shape index (κ3) is 4.86. The van der Waals surface area contributed by atoms with Crippen molar-refractivity contribution in [2.45, 2.75) is 6.42 Å². The second-order valence-corrected chi connectivity index (χ2v) is 13.3. The molecule has 0 saturated heterocycles. The SMILES string of the molecule is c1ccc(-c2cccc(-c3ccc4oc5c(-c6ccc7c(c6)-c6ccccc6C7)cc(-c6cccc(-c7ccccc7)c6)cc5c4c3)c2)cc1. The molecule has 1 aliphatic rings. The fourth-order valence-electron chi connectivity index (χ4n) is 7.75. The highest BCUT2D eigenvalue weighted by Crippen LogP contribution is 2.44. The largest absolute Gasteiger partial charge is 0.455 e. The van der Waals surface area contributed by atoms with Crippen molar-refractivity contribution in [3.8, 4) is 66.8 Å². The summed E-state index contributed by atoms with van der Waals surface area (Å²) in [6.07, 6.45) is 0.979. The number of rotatable bonds is 5. The molecule has 0 amide bonds. The van der Waals surface area contributed by atoms with E-state index in [1.165, 1.54) is 72.3 Å². The minimum atomic E-state index is 0.894. The van der Waals surface area contributed by atoms with Gasteiger partial charge in [-0.3, -0.25) is 0 Å². The molecule has 0 atom stereocenters. The molecule has 10 rings (SSSR count). The standard InChI is InChI=1S/C49H32O/c1-3-11-32(12-4-1)34-16-9-18-36(25-34)38-23-24-48-46(28-38)47-31-42(37-19-10-17-35(26-37)33-13-5-2-6-14-33)30-45(49(47)50-48)41-22-21-40-27-39-15-7-8-20-43(39)44(40)29-41/h1-26,28-31H,27H2. The van der Waals surface area contributed by atoms with Gasteiger partial charge in [-0.15, -0.1) is 0 Å². The first-order valence-corrected chi connectivity index (χ1v) is 17.3. The van der Waals surface area contributed by atoms with Crippen LogP contribution in [0.4, 0.5) is 0 Å². The van der Waals surface area contributed by atoms with Crippen LogP contribution >= 0.6 is 0 Å². The van der Waals surface area contributed by atoms with Crippen molar-refractivity contribution in [2.75, 3.05) is 0 Å². The molecule has 0 fully saturated rings. The topological polar surface area (TPSA) is 13.1 Å². The Bertz CT molecular complexity index is 2710. The Balaban J connectivity index is 1.18. The third-order valence-corrected chi connectivity index (χ3v) is 10.3. The summed E-state index contributed by atoms with van der Waals surface area (Å²) >= 11 is 0. The fraction of sp³-hybridized carbons (Fsp3) is 0.0204. The summed E-state index contributed by atoms with van der Waals surface area (Å²) in [6, 6.07) is 65.9. The fourth-order valence-corrected chi connectivity index (χ4v) is 7.75. The number of benzene rings is 8. The predicted molar refractivity (Wildman–Crippen MR) is 209 cm³/mol. The molecule has 0 aliphatic heterocycles. The van der Waals surface area contributed by atoms with Crippen molar-refractivity contribution < 1.29 is 4.42 Å². The van der Waals surface area contributed by atoms with Crippen LogP contribution in [0.25, 0.3) is 88.7 Å². The van der Waals surface area contributed by atoms with E-state index in [0.29, 0.717) is 0 Å². The van der Waals surface area contributed by atoms with Gasteiger partial charge in [-0.05, 0) is 121 Å². The molecule has 1 nitrogen and oxygen atoms in total. The highest BCUT2D eigenvalue weighted by Gasteiger charge is 2.21. The molecule has 0 spiro atoms. The van der Waals surface area contributed by atoms with Crippen LogP contribution in [0, 0.1) is 0 Å². The molecule has 50 heavy (non-hydrogen) atoms. The van der Waals surface area contributed by atoms with E-state index in [-0.39, 0.29) is 0 Å². The van der Waals surface area contributed by atoms with E-state index in [9.17, 15) is 0 Å². The van der Waals surface area contributed by atoms with Crippen molar-refractivity contribution in [2.24, 2.45) is 0 Å². The van der Waals surface area contributed by atoms with Gasteiger partial charge in [0.15, 0.2) is 0 Å². The summed E-state index contributed by atoms with van der Waals surface area (Å²) in [5, 5.41) is 2.25. The first-order valence-electron chi connectivity index (χ1n) is 17.3. The van der Waals surface area contributed by atoms with E-state index in [0.717, 1.165) is 33.9 Å². The van der Waals surface area contributed by atoms with Gasteiger partial charge in [-0.1, -0.05) is 140 Å². The minimum Gasteiger partial charge on any atom is -0.455 e. The molecule has 1 aliphatic carbocycles. The third-order valence-electron chi connectivity index (χ3n) is 10.3. The van der Waals surface area contributed by atoms with Gasteiger partial charge in [0.1, 0.15) is 11.2 Å². The summed E-state index contributed by atoms with van der Waals surface area (Å²) in [4.78, 5) is 0. The summed E-state index contributed by atoms with van der Waals surface area (Å²) in [5.41, 5.74) is 19.1. The number of hydrogen-bond donors (Lipinski definition) is 0. The Morgan fingerprint density at radius 2 is 0.820 bits per heavy atom. The van der Waals surface area contributed by atoms with Crippen molar-refractivity contribution in [3.63, 3.8) is 0 Å². The van der Waals surface area contributed by atoms with E-state index >= 15 is 0 Å². The van der Waals surface area contributed by atoms with Crippen LogP contribution < -0.4 is 0 Å². The molecule has 9 aromatic rings. The van der Waals surface area contributed by atoms with Gasteiger partial charge >= 0.3 is 0 Å². The highest BCUT2D eigenvalue weighted by molar-refractivity contribution is 6.12. The number of fused-ring (bicyclic) bond motifs is 6. The van der Waals surface area contributed by atoms with Crippen LogP contribution in [0.1, 0.15) is 11.1 Å². The van der Waals surface area contributed by atoms with E-state index in [1.54, 1.807) is 0 Å². The Labute approximate surface area is 291 Å². The van der Waals surface area contributed by atoms with E-state index in [1.807, 2.05) is 0 Å². The molecule has 0 radical (unpaired) electrons. The summed E-state index contributed by atoms with van der Waals surface area (Å²) in [5.74, 6) is 0. The zero-order valence-corrected chi connectivity index (χ0v) is 27.4. The summed E-state index contributed by atoms with van der Waals surface area (Å²) in [6.45, 7) is 0. The van der Waals surface area contributed by atoms with E-state index in [4.69, 9.17) is 4.42 Å². The Hall–Kier alpha value is -6.44. The average molecular weight is 637 g/mol. The van der Waals surface area contributed by atoms with Gasteiger partial charge < -0.3 is 4.42 Å². The van der Waals surface area contributed by atoms with Gasteiger partial charge in [0.2, 0.25) is 0 Å². The lowest BCUT2D eigenvalue weighted by atomic mass is 9.92.